The van der Waals surface area contributed by atoms with Crippen molar-refractivity contribution < 1.29 is 14.7 Å². The zero-order chi connectivity index (χ0) is 20.4. The largest absolute Gasteiger partial charge is 0.478 e. The molecule has 0 radical (unpaired) electrons. The van der Waals surface area contributed by atoms with Gasteiger partial charge in [0.25, 0.3) is 5.91 Å². The van der Waals surface area contributed by atoms with Crippen LogP contribution in [-0.2, 0) is 6.42 Å². The molecule has 1 aromatic heterocycles. The van der Waals surface area contributed by atoms with Gasteiger partial charge in [0.2, 0.25) is 0 Å². The van der Waals surface area contributed by atoms with Crippen LogP contribution in [0.1, 0.15) is 44.8 Å². The molecule has 29 heavy (non-hydrogen) atoms. The zero-order valence-electron chi connectivity index (χ0n) is 16.5. The number of carbonyl (C=O) groups is 2. The number of aromatic nitrogens is 1. The lowest BCUT2D eigenvalue weighted by Gasteiger charge is -2.32. The first-order valence-corrected chi connectivity index (χ1v) is 10.00. The smallest absolute Gasteiger partial charge is 0.335 e. The number of aromatic carboxylic acids is 1. The van der Waals surface area contributed by atoms with Gasteiger partial charge in [0.05, 0.1) is 16.6 Å². The lowest BCUT2D eigenvalue weighted by molar-refractivity contribution is 0.0692. The van der Waals surface area contributed by atoms with Crippen LogP contribution < -0.4 is 0 Å². The second-order valence-corrected chi connectivity index (χ2v) is 7.73. The van der Waals surface area contributed by atoms with Crippen LogP contribution in [0.2, 0.25) is 0 Å². The summed E-state index contributed by atoms with van der Waals surface area (Å²) in [4.78, 5) is 31.1. The number of rotatable bonds is 4. The van der Waals surface area contributed by atoms with Crippen LogP contribution in [0.5, 0.6) is 0 Å². The molecule has 0 bridgehead atoms. The number of pyridine rings is 1. The van der Waals surface area contributed by atoms with Gasteiger partial charge in [0.15, 0.2) is 0 Å². The second kappa shape index (κ2) is 8.03. The van der Waals surface area contributed by atoms with Crippen LogP contribution in [0.4, 0.5) is 0 Å². The molecule has 1 N–H and O–H groups in total. The molecular formula is C24H24N2O3. The van der Waals surface area contributed by atoms with Gasteiger partial charge in [-0.3, -0.25) is 9.78 Å². The molecule has 3 aromatic rings. The highest BCUT2D eigenvalue weighted by Crippen LogP contribution is 2.26. The summed E-state index contributed by atoms with van der Waals surface area (Å²) in [5.74, 6) is -0.475. The van der Waals surface area contributed by atoms with E-state index in [1.54, 1.807) is 12.1 Å². The second-order valence-electron chi connectivity index (χ2n) is 7.73. The molecule has 0 atom stereocenters. The van der Waals surface area contributed by atoms with Crippen LogP contribution in [0, 0.1) is 12.8 Å². The Morgan fingerprint density at radius 3 is 2.48 bits per heavy atom. The molecule has 148 valence electrons. The van der Waals surface area contributed by atoms with Gasteiger partial charge in [-0.15, -0.1) is 0 Å². The lowest BCUT2D eigenvalue weighted by Crippen LogP contribution is -2.39. The summed E-state index contributed by atoms with van der Waals surface area (Å²) in [6.07, 6.45) is 2.48. The van der Waals surface area contributed by atoms with E-state index < -0.39 is 5.97 Å². The predicted molar refractivity (Wildman–Crippen MR) is 112 cm³/mol. The number of piperidine rings is 1. The summed E-state index contributed by atoms with van der Waals surface area (Å²) in [6, 6.07) is 16.9. The molecule has 0 spiro atoms. The monoisotopic (exact) mass is 388 g/mol. The van der Waals surface area contributed by atoms with Crippen LogP contribution in [0.25, 0.3) is 10.9 Å². The Bertz CT molecular complexity index is 1070. The van der Waals surface area contributed by atoms with Gasteiger partial charge in [0.1, 0.15) is 0 Å². The van der Waals surface area contributed by atoms with Crippen LogP contribution in [0.15, 0.2) is 54.6 Å². The van der Waals surface area contributed by atoms with Crippen molar-refractivity contribution in [2.24, 2.45) is 5.92 Å². The van der Waals surface area contributed by atoms with Crippen molar-refractivity contribution in [2.75, 3.05) is 13.1 Å². The van der Waals surface area contributed by atoms with E-state index in [2.05, 4.69) is 4.98 Å². The number of aryl methyl sites for hydroxylation is 1. The van der Waals surface area contributed by atoms with Gasteiger partial charge < -0.3 is 10.0 Å². The number of carbonyl (C=O) groups excluding carboxylic acids is 1. The first kappa shape index (κ1) is 19.1. The molecule has 1 saturated heterocycles. The Labute approximate surface area is 170 Å². The van der Waals surface area contributed by atoms with E-state index in [1.165, 1.54) is 0 Å². The fourth-order valence-corrected chi connectivity index (χ4v) is 4.15. The first-order chi connectivity index (χ1) is 14.0. The third-order valence-electron chi connectivity index (χ3n) is 5.75. The number of hydrogen-bond donors (Lipinski definition) is 1. The van der Waals surface area contributed by atoms with Gasteiger partial charge in [-0.25, -0.2) is 4.79 Å². The Morgan fingerprint density at radius 2 is 1.72 bits per heavy atom. The van der Waals surface area contributed by atoms with Crippen LogP contribution in [-0.4, -0.2) is 40.0 Å². The third-order valence-corrected chi connectivity index (χ3v) is 5.75. The van der Waals surface area contributed by atoms with E-state index in [4.69, 9.17) is 0 Å². The summed E-state index contributed by atoms with van der Waals surface area (Å²) >= 11 is 0. The number of amides is 1. The van der Waals surface area contributed by atoms with Crippen molar-refractivity contribution in [1.82, 2.24) is 9.88 Å². The van der Waals surface area contributed by atoms with Crippen LogP contribution in [0.3, 0.4) is 0 Å². The number of likely N-dealkylation sites (tertiary alicyclic amines) is 1. The topological polar surface area (TPSA) is 70.5 Å². The van der Waals surface area contributed by atoms with Gasteiger partial charge >= 0.3 is 5.97 Å². The average molecular weight is 388 g/mol. The number of fused-ring (bicyclic) bond motifs is 1. The average Bonchev–Trinajstić information content (AvgIpc) is 2.73. The molecule has 4 rings (SSSR count). The quantitative estimate of drug-likeness (QED) is 0.722. The molecule has 5 heteroatoms. The minimum absolute atomic E-state index is 0.0260. The highest BCUT2D eigenvalue weighted by atomic mass is 16.4. The maximum atomic E-state index is 13.1. The Kier molecular flexibility index (Phi) is 5.30. The number of hydrogen-bond acceptors (Lipinski definition) is 3. The first-order valence-electron chi connectivity index (χ1n) is 10.00. The minimum Gasteiger partial charge on any atom is -0.478 e. The van der Waals surface area contributed by atoms with Crippen molar-refractivity contribution in [2.45, 2.75) is 26.2 Å². The van der Waals surface area contributed by atoms with Crippen molar-refractivity contribution in [3.05, 3.63) is 77.0 Å². The molecular weight excluding hydrogens is 364 g/mol. The van der Waals surface area contributed by atoms with E-state index >= 15 is 0 Å². The molecule has 0 unspecified atom stereocenters. The molecule has 2 aromatic carbocycles. The van der Waals surface area contributed by atoms with E-state index in [1.807, 2.05) is 54.3 Å². The van der Waals surface area contributed by atoms with E-state index in [0.717, 1.165) is 41.4 Å². The number of carboxylic acid groups (broad SMARTS) is 1. The summed E-state index contributed by atoms with van der Waals surface area (Å²) in [7, 11) is 0. The van der Waals surface area contributed by atoms with Crippen LogP contribution >= 0.6 is 0 Å². The number of para-hydroxylation sites is 1. The molecule has 1 aliphatic heterocycles. The lowest BCUT2D eigenvalue weighted by atomic mass is 9.88. The number of nitrogens with zero attached hydrogens (tertiary/aromatic N) is 2. The normalized spacial score (nSPS) is 14.9. The van der Waals surface area contributed by atoms with Gasteiger partial charge in [-0.05, 0) is 55.9 Å². The maximum Gasteiger partial charge on any atom is 0.335 e. The summed E-state index contributed by atoms with van der Waals surface area (Å²) < 4.78 is 0. The molecule has 1 amide bonds. The Morgan fingerprint density at radius 1 is 1.00 bits per heavy atom. The van der Waals surface area contributed by atoms with Gasteiger partial charge in [-0.2, -0.15) is 0 Å². The predicted octanol–water partition coefficient (Wildman–Crippen LogP) is 4.34. The summed E-state index contributed by atoms with van der Waals surface area (Å²) in [5, 5.41) is 10.4. The van der Waals surface area contributed by atoms with Crippen molar-refractivity contribution in [3.63, 3.8) is 0 Å². The van der Waals surface area contributed by atoms with Crippen molar-refractivity contribution >= 4 is 22.8 Å². The molecule has 2 heterocycles. The summed E-state index contributed by atoms with van der Waals surface area (Å²) in [6.45, 7) is 3.29. The molecule has 0 saturated carbocycles. The molecule has 0 aliphatic carbocycles. The van der Waals surface area contributed by atoms with Crippen molar-refractivity contribution in [3.8, 4) is 0 Å². The molecule has 1 aliphatic rings. The zero-order valence-corrected chi connectivity index (χ0v) is 16.5. The minimum atomic E-state index is -0.882. The van der Waals surface area contributed by atoms with E-state index in [-0.39, 0.29) is 5.91 Å². The number of benzene rings is 2. The number of carboxylic acids is 1. The Hall–Kier alpha value is -3.21. The Balaban J connectivity index is 1.46. The summed E-state index contributed by atoms with van der Waals surface area (Å²) in [5.41, 5.74) is 3.56. The van der Waals surface area contributed by atoms with E-state index in [9.17, 15) is 14.7 Å². The maximum absolute atomic E-state index is 13.1. The molecule has 5 nitrogen and oxygen atoms in total. The van der Waals surface area contributed by atoms with Crippen molar-refractivity contribution in [1.29, 1.82) is 0 Å². The van der Waals surface area contributed by atoms with Gasteiger partial charge in [0, 0.05) is 24.2 Å². The molecule has 1 fully saturated rings. The standard InChI is InChI=1S/C24H24N2O3/c1-16-9-10-18-6-4-8-21(22(18)25-16)23(27)26-13-11-17(12-14-26)15-19-5-2-3-7-20(19)24(28)29/h2-10,17H,11-15H2,1H3,(H,28,29). The van der Waals surface area contributed by atoms with E-state index in [0.29, 0.717) is 30.1 Å². The fourth-order valence-electron chi connectivity index (χ4n) is 4.15. The fraction of sp³-hybridized carbons (Fsp3) is 0.292. The highest BCUT2D eigenvalue weighted by molar-refractivity contribution is 6.05. The SMILES string of the molecule is Cc1ccc2cccc(C(=O)N3CCC(Cc4ccccc4C(=O)O)CC3)c2n1. The third kappa shape index (κ3) is 3.99. The van der Waals surface area contributed by atoms with Gasteiger partial charge in [-0.1, -0.05) is 36.4 Å². The highest BCUT2D eigenvalue weighted by Gasteiger charge is 2.26.